The van der Waals surface area contributed by atoms with Crippen LogP contribution in [0, 0.1) is 5.92 Å². The smallest absolute Gasteiger partial charge is 0.122 e. The minimum atomic E-state index is 0.337. The summed E-state index contributed by atoms with van der Waals surface area (Å²) < 4.78 is 0. The molecule has 0 bridgehead atoms. The highest BCUT2D eigenvalue weighted by Crippen LogP contribution is 2.08. The standard InChI is InChI=1S/C11H17N3S/c1-3-8(2)6-13-9-4-5-10(11(12)15)14-7-9/h4-5,7-8,13H,3,6H2,1-2H3,(H2,12,15). The van der Waals surface area contributed by atoms with Crippen LogP contribution in [0.25, 0.3) is 0 Å². The van der Waals surface area contributed by atoms with Crippen LogP contribution in [0.4, 0.5) is 5.69 Å². The molecule has 0 saturated heterocycles. The van der Waals surface area contributed by atoms with Gasteiger partial charge >= 0.3 is 0 Å². The minimum Gasteiger partial charge on any atom is -0.388 e. The first-order chi connectivity index (χ1) is 7.13. The molecule has 0 aromatic carbocycles. The molecule has 3 N–H and O–H groups in total. The molecule has 1 unspecified atom stereocenters. The number of rotatable bonds is 5. The van der Waals surface area contributed by atoms with Gasteiger partial charge in [-0.05, 0) is 18.1 Å². The summed E-state index contributed by atoms with van der Waals surface area (Å²) in [4.78, 5) is 4.49. The number of nitrogens with zero attached hydrogens (tertiary/aromatic N) is 1. The van der Waals surface area contributed by atoms with Crippen LogP contribution in [0.15, 0.2) is 18.3 Å². The largest absolute Gasteiger partial charge is 0.388 e. The van der Waals surface area contributed by atoms with Crippen LogP contribution >= 0.6 is 12.2 Å². The molecule has 1 rings (SSSR count). The summed E-state index contributed by atoms with van der Waals surface area (Å²) in [6, 6.07) is 3.78. The first-order valence-corrected chi connectivity index (χ1v) is 5.54. The molecule has 3 nitrogen and oxygen atoms in total. The highest BCUT2D eigenvalue weighted by atomic mass is 32.1. The lowest BCUT2D eigenvalue weighted by atomic mass is 10.1. The zero-order valence-electron chi connectivity index (χ0n) is 9.16. The molecule has 0 aliphatic rings. The number of pyridine rings is 1. The van der Waals surface area contributed by atoms with Crippen molar-refractivity contribution in [1.82, 2.24) is 4.98 Å². The maximum absolute atomic E-state index is 5.46. The second-order valence-electron chi connectivity index (χ2n) is 3.69. The summed E-state index contributed by atoms with van der Waals surface area (Å²) in [5.74, 6) is 0.667. The molecule has 0 spiro atoms. The number of hydrogen-bond acceptors (Lipinski definition) is 3. The Bertz CT molecular complexity index is 321. The third kappa shape index (κ3) is 3.83. The highest BCUT2D eigenvalue weighted by Gasteiger charge is 2.00. The fourth-order valence-corrected chi connectivity index (χ4v) is 1.20. The quantitative estimate of drug-likeness (QED) is 0.751. The monoisotopic (exact) mass is 223 g/mol. The van der Waals surface area contributed by atoms with Gasteiger partial charge in [0.15, 0.2) is 0 Å². The Morgan fingerprint density at radius 1 is 1.60 bits per heavy atom. The van der Waals surface area contributed by atoms with E-state index in [2.05, 4.69) is 24.1 Å². The summed E-state index contributed by atoms with van der Waals surface area (Å²) >= 11 is 4.83. The van der Waals surface area contributed by atoms with Crippen LogP contribution in [0.1, 0.15) is 26.0 Å². The van der Waals surface area contributed by atoms with Crippen LogP contribution < -0.4 is 11.1 Å². The van der Waals surface area contributed by atoms with Crippen molar-refractivity contribution in [3.63, 3.8) is 0 Å². The van der Waals surface area contributed by atoms with E-state index in [0.717, 1.165) is 12.2 Å². The van der Waals surface area contributed by atoms with Gasteiger partial charge in [-0.25, -0.2) is 0 Å². The fraction of sp³-hybridized carbons (Fsp3) is 0.455. The first-order valence-electron chi connectivity index (χ1n) is 5.13. The average molecular weight is 223 g/mol. The van der Waals surface area contributed by atoms with E-state index in [0.29, 0.717) is 16.6 Å². The second-order valence-corrected chi connectivity index (χ2v) is 4.13. The molecule has 1 atom stereocenters. The molecular formula is C11H17N3S. The Morgan fingerprint density at radius 3 is 2.80 bits per heavy atom. The minimum absolute atomic E-state index is 0.337. The van der Waals surface area contributed by atoms with Crippen molar-refractivity contribution in [3.8, 4) is 0 Å². The lowest BCUT2D eigenvalue weighted by Gasteiger charge is -2.11. The number of hydrogen-bond donors (Lipinski definition) is 2. The summed E-state index contributed by atoms with van der Waals surface area (Å²) in [7, 11) is 0. The number of anilines is 1. The number of nitrogens with one attached hydrogen (secondary N) is 1. The van der Waals surface area contributed by atoms with Crippen LogP contribution in [0.2, 0.25) is 0 Å². The van der Waals surface area contributed by atoms with Crippen LogP contribution in [-0.4, -0.2) is 16.5 Å². The lowest BCUT2D eigenvalue weighted by molar-refractivity contribution is 0.593. The van der Waals surface area contributed by atoms with Gasteiger partial charge in [0.05, 0.1) is 17.6 Å². The van der Waals surface area contributed by atoms with E-state index >= 15 is 0 Å². The SMILES string of the molecule is CCC(C)CNc1ccc(C(N)=S)nc1. The summed E-state index contributed by atoms with van der Waals surface area (Å²) in [6.07, 6.45) is 2.93. The molecule has 82 valence electrons. The second kappa shape index (κ2) is 5.66. The number of thiocarbonyl (C=S) groups is 1. The Kier molecular flexibility index (Phi) is 4.49. The molecule has 0 saturated carbocycles. The molecule has 1 aromatic rings. The maximum Gasteiger partial charge on any atom is 0.122 e. The summed E-state index contributed by atoms with van der Waals surface area (Å²) in [5.41, 5.74) is 7.13. The van der Waals surface area contributed by atoms with Gasteiger partial charge in [-0.1, -0.05) is 32.5 Å². The molecule has 0 radical (unpaired) electrons. The highest BCUT2D eigenvalue weighted by molar-refractivity contribution is 7.80. The zero-order valence-corrected chi connectivity index (χ0v) is 9.97. The third-order valence-corrected chi connectivity index (χ3v) is 2.58. The van der Waals surface area contributed by atoms with Crippen molar-refractivity contribution in [2.24, 2.45) is 11.7 Å². The Labute approximate surface area is 96.1 Å². The molecule has 1 aromatic heterocycles. The van der Waals surface area contributed by atoms with Gasteiger partial charge in [0.2, 0.25) is 0 Å². The van der Waals surface area contributed by atoms with Crippen LogP contribution in [-0.2, 0) is 0 Å². The molecule has 0 aliphatic heterocycles. The predicted octanol–water partition coefficient (Wildman–Crippen LogP) is 2.17. The van der Waals surface area contributed by atoms with Gasteiger partial charge in [0.1, 0.15) is 4.99 Å². The van der Waals surface area contributed by atoms with Crippen molar-refractivity contribution < 1.29 is 0 Å². The normalized spacial score (nSPS) is 12.1. The molecule has 1 heterocycles. The van der Waals surface area contributed by atoms with Crippen molar-refractivity contribution in [3.05, 3.63) is 24.0 Å². The van der Waals surface area contributed by atoms with E-state index in [9.17, 15) is 0 Å². The van der Waals surface area contributed by atoms with Gasteiger partial charge in [-0.15, -0.1) is 0 Å². The molecule has 0 amide bonds. The van der Waals surface area contributed by atoms with Crippen molar-refractivity contribution in [1.29, 1.82) is 0 Å². The lowest BCUT2D eigenvalue weighted by Crippen LogP contribution is -2.13. The van der Waals surface area contributed by atoms with Gasteiger partial charge in [-0.3, -0.25) is 4.98 Å². The van der Waals surface area contributed by atoms with E-state index < -0.39 is 0 Å². The molecular weight excluding hydrogens is 206 g/mol. The van der Waals surface area contributed by atoms with Crippen molar-refractivity contribution in [2.45, 2.75) is 20.3 Å². The summed E-state index contributed by atoms with van der Waals surface area (Å²) in [5, 5.41) is 3.31. The first kappa shape index (κ1) is 11.9. The summed E-state index contributed by atoms with van der Waals surface area (Å²) in [6.45, 7) is 5.36. The average Bonchev–Trinajstić information content (AvgIpc) is 2.26. The molecule has 0 aliphatic carbocycles. The fourth-order valence-electron chi connectivity index (χ4n) is 1.08. The zero-order chi connectivity index (χ0) is 11.3. The van der Waals surface area contributed by atoms with Crippen molar-refractivity contribution >= 4 is 22.9 Å². The Balaban J connectivity index is 2.53. The molecule has 15 heavy (non-hydrogen) atoms. The van der Waals surface area contributed by atoms with Gasteiger partial charge < -0.3 is 11.1 Å². The van der Waals surface area contributed by atoms with E-state index in [1.54, 1.807) is 6.20 Å². The maximum atomic E-state index is 5.46. The number of aromatic nitrogens is 1. The van der Waals surface area contributed by atoms with Gasteiger partial charge in [0.25, 0.3) is 0 Å². The van der Waals surface area contributed by atoms with E-state index in [1.165, 1.54) is 6.42 Å². The predicted molar refractivity (Wildman–Crippen MR) is 68.1 cm³/mol. The molecule has 0 fully saturated rings. The Hall–Kier alpha value is -1.16. The van der Waals surface area contributed by atoms with Gasteiger partial charge in [-0.2, -0.15) is 0 Å². The van der Waals surface area contributed by atoms with E-state index in [-0.39, 0.29) is 0 Å². The van der Waals surface area contributed by atoms with E-state index in [1.807, 2.05) is 12.1 Å². The van der Waals surface area contributed by atoms with Crippen LogP contribution in [0.5, 0.6) is 0 Å². The van der Waals surface area contributed by atoms with Crippen LogP contribution in [0.3, 0.4) is 0 Å². The molecule has 4 heteroatoms. The van der Waals surface area contributed by atoms with E-state index in [4.69, 9.17) is 18.0 Å². The van der Waals surface area contributed by atoms with Gasteiger partial charge in [0, 0.05) is 6.54 Å². The Morgan fingerprint density at radius 2 is 2.33 bits per heavy atom. The third-order valence-electron chi connectivity index (χ3n) is 2.37. The number of nitrogens with two attached hydrogens (primary N) is 1. The van der Waals surface area contributed by atoms with Crippen molar-refractivity contribution in [2.75, 3.05) is 11.9 Å². The topological polar surface area (TPSA) is 50.9 Å².